The zero-order valence-electron chi connectivity index (χ0n) is 10.7. The number of benzene rings is 2. The standard InChI is InChI=1S/C13H9ClFNO5S/c14-10-5-7(15)1-4-12(10)22(20,21)16-8-2-3-9(13(18)19)11(17)6-8/h1-6,16-17H,(H,18,19). The molecule has 0 fully saturated rings. The molecule has 0 aromatic heterocycles. The first-order valence-electron chi connectivity index (χ1n) is 5.75. The molecule has 0 heterocycles. The number of carbonyl (C=O) groups is 1. The van der Waals surface area contributed by atoms with Crippen molar-refractivity contribution in [1.82, 2.24) is 0 Å². The molecule has 9 heteroatoms. The Labute approximate surface area is 129 Å². The second kappa shape index (κ2) is 5.82. The van der Waals surface area contributed by atoms with Crippen LogP contribution in [-0.2, 0) is 10.0 Å². The average molecular weight is 346 g/mol. The minimum atomic E-state index is -4.12. The molecule has 116 valence electrons. The summed E-state index contributed by atoms with van der Waals surface area (Å²) in [6, 6.07) is 5.93. The van der Waals surface area contributed by atoms with Gasteiger partial charge in [-0.25, -0.2) is 17.6 Å². The largest absolute Gasteiger partial charge is 0.507 e. The van der Waals surface area contributed by atoms with Gasteiger partial charge in [-0.2, -0.15) is 0 Å². The molecule has 0 saturated heterocycles. The lowest BCUT2D eigenvalue weighted by atomic mass is 10.2. The van der Waals surface area contributed by atoms with Gasteiger partial charge in [0.05, 0.1) is 10.7 Å². The van der Waals surface area contributed by atoms with E-state index < -0.39 is 27.6 Å². The van der Waals surface area contributed by atoms with E-state index in [9.17, 15) is 22.7 Å². The number of phenols is 1. The van der Waals surface area contributed by atoms with E-state index in [2.05, 4.69) is 4.72 Å². The van der Waals surface area contributed by atoms with Gasteiger partial charge in [0.15, 0.2) is 0 Å². The Morgan fingerprint density at radius 3 is 2.41 bits per heavy atom. The van der Waals surface area contributed by atoms with Crippen molar-refractivity contribution in [3.63, 3.8) is 0 Å². The number of sulfonamides is 1. The maximum atomic E-state index is 12.9. The molecule has 0 bridgehead atoms. The molecule has 0 saturated carbocycles. The number of carboxylic acid groups (broad SMARTS) is 1. The zero-order valence-corrected chi connectivity index (χ0v) is 12.3. The predicted molar refractivity (Wildman–Crippen MR) is 77.3 cm³/mol. The average Bonchev–Trinajstić information content (AvgIpc) is 2.37. The fourth-order valence-corrected chi connectivity index (χ4v) is 3.26. The van der Waals surface area contributed by atoms with Crippen molar-refractivity contribution >= 4 is 33.3 Å². The van der Waals surface area contributed by atoms with Gasteiger partial charge in [-0.3, -0.25) is 4.72 Å². The summed E-state index contributed by atoms with van der Waals surface area (Å²) in [5.41, 5.74) is -0.439. The normalized spacial score (nSPS) is 11.2. The summed E-state index contributed by atoms with van der Waals surface area (Å²) in [4.78, 5) is 10.4. The van der Waals surface area contributed by atoms with Crippen molar-refractivity contribution in [1.29, 1.82) is 0 Å². The summed E-state index contributed by atoms with van der Waals surface area (Å²) in [7, 11) is -4.12. The van der Waals surface area contributed by atoms with Crippen LogP contribution < -0.4 is 4.72 Å². The fraction of sp³-hybridized carbons (Fsp3) is 0. The van der Waals surface area contributed by atoms with Gasteiger partial charge in [-0.1, -0.05) is 11.6 Å². The van der Waals surface area contributed by atoms with Crippen LogP contribution in [0.1, 0.15) is 10.4 Å². The molecule has 0 aliphatic carbocycles. The van der Waals surface area contributed by atoms with E-state index >= 15 is 0 Å². The Kier molecular flexibility index (Phi) is 4.25. The Morgan fingerprint density at radius 1 is 1.18 bits per heavy atom. The number of aromatic hydroxyl groups is 1. The maximum Gasteiger partial charge on any atom is 0.339 e. The van der Waals surface area contributed by atoms with Gasteiger partial charge in [0.1, 0.15) is 22.0 Å². The highest BCUT2D eigenvalue weighted by molar-refractivity contribution is 7.92. The molecular weight excluding hydrogens is 337 g/mol. The summed E-state index contributed by atoms with van der Waals surface area (Å²) in [6.45, 7) is 0. The molecule has 0 aliphatic rings. The molecule has 3 N–H and O–H groups in total. The molecule has 0 atom stereocenters. The highest BCUT2D eigenvalue weighted by atomic mass is 35.5. The summed E-state index contributed by atoms with van der Waals surface area (Å²) in [5, 5.41) is 18.0. The zero-order chi connectivity index (χ0) is 16.5. The van der Waals surface area contributed by atoms with E-state index in [-0.39, 0.29) is 21.2 Å². The lowest BCUT2D eigenvalue weighted by Crippen LogP contribution is -2.13. The maximum absolute atomic E-state index is 12.9. The van der Waals surface area contributed by atoms with Crippen LogP contribution >= 0.6 is 11.6 Å². The van der Waals surface area contributed by atoms with Gasteiger partial charge in [0, 0.05) is 6.07 Å². The third-order valence-electron chi connectivity index (χ3n) is 2.66. The van der Waals surface area contributed by atoms with Crippen LogP contribution in [0.3, 0.4) is 0 Å². The van der Waals surface area contributed by atoms with Gasteiger partial charge in [-0.05, 0) is 30.3 Å². The Morgan fingerprint density at radius 2 is 1.86 bits per heavy atom. The first-order valence-corrected chi connectivity index (χ1v) is 7.61. The minimum Gasteiger partial charge on any atom is -0.507 e. The third-order valence-corrected chi connectivity index (χ3v) is 4.53. The van der Waals surface area contributed by atoms with Crippen LogP contribution in [0.25, 0.3) is 0 Å². The van der Waals surface area contributed by atoms with Crippen molar-refractivity contribution in [2.75, 3.05) is 4.72 Å². The van der Waals surface area contributed by atoms with Crippen LogP contribution in [0.5, 0.6) is 5.75 Å². The molecule has 2 aromatic carbocycles. The van der Waals surface area contributed by atoms with Crippen molar-refractivity contribution in [2.45, 2.75) is 4.90 Å². The van der Waals surface area contributed by atoms with Gasteiger partial charge in [-0.15, -0.1) is 0 Å². The highest BCUT2D eigenvalue weighted by Gasteiger charge is 2.19. The number of hydrogen-bond donors (Lipinski definition) is 3. The molecule has 2 aromatic rings. The molecule has 0 amide bonds. The molecule has 2 rings (SSSR count). The molecule has 0 aliphatic heterocycles. The van der Waals surface area contributed by atoms with E-state index in [0.29, 0.717) is 0 Å². The molecule has 0 unspecified atom stereocenters. The second-order valence-electron chi connectivity index (χ2n) is 4.22. The van der Waals surface area contributed by atoms with Gasteiger partial charge >= 0.3 is 5.97 Å². The number of anilines is 1. The van der Waals surface area contributed by atoms with E-state index in [1.807, 2.05) is 0 Å². The van der Waals surface area contributed by atoms with Gasteiger partial charge in [0.25, 0.3) is 10.0 Å². The summed E-state index contributed by atoms with van der Waals surface area (Å²) >= 11 is 5.69. The van der Waals surface area contributed by atoms with Crippen molar-refractivity contribution in [2.24, 2.45) is 0 Å². The second-order valence-corrected chi connectivity index (χ2v) is 6.28. The van der Waals surface area contributed by atoms with Crippen molar-refractivity contribution < 1.29 is 27.8 Å². The monoisotopic (exact) mass is 345 g/mol. The summed E-state index contributed by atoms with van der Waals surface area (Å²) < 4.78 is 39.4. The SMILES string of the molecule is O=C(O)c1ccc(NS(=O)(=O)c2ccc(F)cc2Cl)cc1O. The predicted octanol–water partition coefficient (Wildman–Crippen LogP) is 2.68. The Hall–Kier alpha value is -2.32. The topological polar surface area (TPSA) is 104 Å². The van der Waals surface area contributed by atoms with E-state index in [1.165, 1.54) is 0 Å². The first kappa shape index (κ1) is 16.1. The molecule has 0 spiro atoms. The lowest BCUT2D eigenvalue weighted by molar-refractivity contribution is 0.0694. The number of hydrogen-bond acceptors (Lipinski definition) is 4. The first-order chi connectivity index (χ1) is 10.2. The quantitative estimate of drug-likeness (QED) is 0.790. The Bertz CT molecular complexity index is 854. The fourth-order valence-electron chi connectivity index (χ4n) is 1.68. The molecule has 0 radical (unpaired) electrons. The van der Waals surface area contributed by atoms with E-state index in [1.54, 1.807) is 0 Å². The molecule has 6 nitrogen and oxygen atoms in total. The number of carboxylic acids is 1. The number of rotatable bonds is 4. The van der Waals surface area contributed by atoms with Crippen LogP contribution in [0, 0.1) is 5.82 Å². The number of halogens is 2. The van der Waals surface area contributed by atoms with Gasteiger partial charge < -0.3 is 10.2 Å². The van der Waals surface area contributed by atoms with Crippen LogP contribution in [-0.4, -0.2) is 24.6 Å². The smallest absolute Gasteiger partial charge is 0.339 e. The summed E-state index contributed by atoms with van der Waals surface area (Å²) in [6.07, 6.45) is 0. The molecule has 22 heavy (non-hydrogen) atoms. The van der Waals surface area contributed by atoms with Crippen molar-refractivity contribution in [3.8, 4) is 5.75 Å². The Balaban J connectivity index is 2.37. The lowest BCUT2D eigenvalue weighted by Gasteiger charge is -2.10. The minimum absolute atomic E-state index is 0.0668. The van der Waals surface area contributed by atoms with Crippen LogP contribution in [0.4, 0.5) is 10.1 Å². The number of aromatic carboxylic acids is 1. The number of nitrogens with one attached hydrogen (secondary N) is 1. The van der Waals surface area contributed by atoms with Crippen LogP contribution in [0.15, 0.2) is 41.3 Å². The van der Waals surface area contributed by atoms with Crippen molar-refractivity contribution in [3.05, 3.63) is 52.8 Å². The molecular formula is C13H9ClFNO5S. The van der Waals surface area contributed by atoms with Crippen LogP contribution in [0.2, 0.25) is 5.02 Å². The van der Waals surface area contributed by atoms with E-state index in [4.69, 9.17) is 16.7 Å². The summed E-state index contributed by atoms with van der Waals surface area (Å²) in [5.74, 6) is -2.64. The third kappa shape index (κ3) is 3.29. The highest BCUT2D eigenvalue weighted by Crippen LogP contribution is 2.27. The van der Waals surface area contributed by atoms with Gasteiger partial charge in [0.2, 0.25) is 0 Å². The van der Waals surface area contributed by atoms with E-state index in [0.717, 1.165) is 36.4 Å².